The van der Waals surface area contributed by atoms with Gasteiger partial charge in [0.05, 0.1) is 12.2 Å². The van der Waals surface area contributed by atoms with Crippen molar-refractivity contribution in [1.82, 2.24) is 4.72 Å². The Morgan fingerprint density at radius 1 is 1.13 bits per heavy atom. The zero-order chi connectivity index (χ0) is 16.9. The Hall–Kier alpha value is -1.56. The van der Waals surface area contributed by atoms with E-state index in [2.05, 4.69) is 0 Å². The summed E-state index contributed by atoms with van der Waals surface area (Å²) < 4.78 is 31.4. The van der Waals surface area contributed by atoms with E-state index in [4.69, 9.17) is 4.74 Å². The molecule has 5 N–H and O–H groups in total. The Morgan fingerprint density at radius 3 is 2.48 bits per heavy atom. The molecule has 0 radical (unpaired) electrons. The largest absolute Gasteiger partial charge is 0.394 e. The molecule has 9 nitrogen and oxygen atoms in total. The minimum atomic E-state index is -4.11. The van der Waals surface area contributed by atoms with Crippen LogP contribution in [0.2, 0.25) is 0 Å². The molecule has 1 fully saturated rings. The maximum atomic E-state index is 12.1. The molecule has 2 aliphatic rings. The first-order valence-electron chi connectivity index (χ1n) is 6.78. The number of rotatable bonds is 2. The molecule has 0 unspecified atom stereocenters. The first kappa shape index (κ1) is 16.3. The second-order valence-electron chi connectivity index (χ2n) is 5.41. The first-order chi connectivity index (χ1) is 10.8. The van der Waals surface area contributed by atoms with Crippen molar-refractivity contribution in [2.45, 2.75) is 35.4 Å². The molecule has 0 aliphatic carbocycles. The Morgan fingerprint density at radius 2 is 1.83 bits per heavy atom. The fourth-order valence-corrected chi connectivity index (χ4v) is 4.25. The lowest BCUT2D eigenvalue weighted by atomic mass is 9.90. The van der Waals surface area contributed by atoms with Gasteiger partial charge in [-0.2, -0.15) is 0 Å². The van der Waals surface area contributed by atoms with Crippen LogP contribution in [0.15, 0.2) is 23.1 Å². The van der Waals surface area contributed by atoms with Gasteiger partial charge in [0.25, 0.3) is 15.9 Å². The van der Waals surface area contributed by atoms with Gasteiger partial charge in [0, 0.05) is 5.56 Å². The van der Waals surface area contributed by atoms with Crippen molar-refractivity contribution in [3.63, 3.8) is 0 Å². The summed E-state index contributed by atoms with van der Waals surface area (Å²) in [7, 11) is -4.11. The van der Waals surface area contributed by atoms with E-state index >= 15 is 0 Å². The summed E-state index contributed by atoms with van der Waals surface area (Å²) in [5.41, 5.74) is -0.128. The highest BCUT2D eigenvalue weighted by Gasteiger charge is 2.47. The normalized spacial score (nSPS) is 35.7. The highest BCUT2D eigenvalue weighted by molar-refractivity contribution is 7.90. The molecule has 1 aromatic carbocycles. The minimum absolute atomic E-state index is 0.0299. The van der Waals surface area contributed by atoms with Gasteiger partial charge < -0.3 is 25.2 Å². The molecule has 3 rings (SSSR count). The van der Waals surface area contributed by atoms with Crippen LogP contribution < -0.4 is 4.72 Å². The number of fused-ring (bicyclic) bond motifs is 1. The van der Waals surface area contributed by atoms with E-state index < -0.39 is 53.1 Å². The maximum absolute atomic E-state index is 12.1. The molecule has 1 aromatic rings. The Balaban J connectivity index is 2.11. The molecule has 1 amide bonds. The summed E-state index contributed by atoms with van der Waals surface area (Å²) >= 11 is 0. The van der Waals surface area contributed by atoms with E-state index in [9.17, 15) is 33.6 Å². The Kier molecular flexibility index (Phi) is 3.91. The SMILES string of the molecule is O=C1NS(=O)(=O)c2c1cccc2[C@H]1O[C@H](CO)[C@H](O)[C@H](O)[C@H]1O. The van der Waals surface area contributed by atoms with Crippen LogP contribution in [-0.4, -0.2) is 65.8 Å². The van der Waals surface area contributed by atoms with Gasteiger partial charge in [-0.15, -0.1) is 0 Å². The van der Waals surface area contributed by atoms with E-state index in [0.717, 1.165) is 0 Å². The lowest BCUT2D eigenvalue weighted by Gasteiger charge is -2.40. The Bertz CT molecular complexity index is 746. The van der Waals surface area contributed by atoms with Crippen molar-refractivity contribution >= 4 is 15.9 Å². The molecular formula is C13H15NO8S. The van der Waals surface area contributed by atoms with E-state index in [0.29, 0.717) is 0 Å². The zero-order valence-corrected chi connectivity index (χ0v) is 12.5. The van der Waals surface area contributed by atoms with Gasteiger partial charge in [0.2, 0.25) is 0 Å². The van der Waals surface area contributed by atoms with Crippen molar-refractivity contribution in [2.75, 3.05) is 6.61 Å². The van der Waals surface area contributed by atoms with E-state index in [-0.39, 0.29) is 16.0 Å². The second-order valence-corrected chi connectivity index (χ2v) is 7.03. The van der Waals surface area contributed by atoms with Gasteiger partial charge in [-0.3, -0.25) is 4.79 Å². The van der Waals surface area contributed by atoms with Crippen molar-refractivity contribution in [3.8, 4) is 0 Å². The number of hydrogen-bond acceptors (Lipinski definition) is 8. The van der Waals surface area contributed by atoms with Crippen LogP contribution in [0.5, 0.6) is 0 Å². The molecule has 10 heteroatoms. The predicted molar refractivity (Wildman–Crippen MR) is 73.8 cm³/mol. The van der Waals surface area contributed by atoms with Gasteiger partial charge in [-0.05, 0) is 6.07 Å². The lowest BCUT2D eigenvalue weighted by Crippen LogP contribution is -2.55. The third-order valence-corrected chi connectivity index (χ3v) is 5.43. The summed E-state index contributed by atoms with van der Waals surface area (Å²) in [5.74, 6) is -0.800. The van der Waals surface area contributed by atoms with Gasteiger partial charge >= 0.3 is 0 Å². The number of benzene rings is 1. The molecule has 126 valence electrons. The third kappa shape index (κ3) is 2.43. The number of aliphatic hydroxyl groups excluding tert-OH is 4. The average Bonchev–Trinajstić information content (AvgIpc) is 2.75. The molecule has 5 atom stereocenters. The molecule has 2 aliphatic heterocycles. The van der Waals surface area contributed by atoms with Gasteiger partial charge in [-0.1, -0.05) is 12.1 Å². The van der Waals surface area contributed by atoms with Crippen molar-refractivity contribution in [1.29, 1.82) is 0 Å². The molecule has 0 bridgehead atoms. The summed E-state index contributed by atoms with van der Waals surface area (Å²) in [4.78, 5) is 11.4. The molecule has 0 saturated carbocycles. The summed E-state index contributed by atoms with van der Waals surface area (Å²) in [5, 5.41) is 38.9. The van der Waals surface area contributed by atoms with Crippen LogP contribution in [0.25, 0.3) is 0 Å². The van der Waals surface area contributed by atoms with Crippen LogP contribution >= 0.6 is 0 Å². The van der Waals surface area contributed by atoms with Crippen LogP contribution in [0.4, 0.5) is 0 Å². The van der Waals surface area contributed by atoms with Gasteiger partial charge in [0.15, 0.2) is 0 Å². The quantitative estimate of drug-likeness (QED) is 0.399. The van der Waals surface area contributed by atoms with E-state index in [1.54, 1.807) is 0 Å². The molecule has 2 heterocycles. The second kappa shape index (κ2) is 5.51. The monoisotopic (exact) mass is 345 g/mol. The van der Waals surface area contributed by atoms with Crippen LogP contribution in [-0.2, 0) is 14.8 Å². The zero-order valence-electron chi connectivity index (χ0n) is 11.7. The van der Waals surface area contributed by atoms with Gasteiger partial charge in [-0.25, -0.2) is 13.1 Å². The van der Waals surface area contributed by atoms with Crippen LogP contribution in [0, 0.1) is 0 Å². The number of carbonyl (C=O) groups excluding carboxylic acids is 1. The number of carbonyl (C=O) groups is 1. The highest BCUT2D eigenvalue weighted by Crippen LogP contribution is 2.38. The fourth-order valence-electron chi connectivity index (χ4n) is 2.84. The van der Waals surface area contributed by atoms with Crippen LogP contribution in [0.1, 0.15) is 22.0 Å². The summed E-state index contributed by atoms with van der Waals surface area (Å²) in [6, 6.07) is 4.06. The predicted octanol–water partition coefficient (Wildman–Crippen LogP) is -2.37. The van der Waals surface area contributed by atoms with Crippen molar-refractivity contribution in [3.05, 3.63) is 29.3 Å². The van der Waals surface area contributed by atoms with Crippen LogP contribution in [0.3, 0.4) is 0 Å². The molecular weight excluding hydrogens is 330 g/mol. The highest BCUT2D eigenvalue weighted by atomic mass is 32.2. The molecule has 23 heavy (non-hydrogen) atoms. The van der Waals surface area contributed by atoms with Gasteiger partial charge in [0.1, 0.15) is 35.4 Å². The van der Waals surface area contributed by atoms with E-state index in [1.165, 1.54) is 18.2 Å². The molecule has 0 aromatic heterocycles. The van der Waals surface area contributed by atoms with E-state index in [1.807, 2.05) is 4.72 Å². The number of amides is 1. The molecule has 1 saturated heterocycles. The minimum Gasteiger partial charge on any atom is -0.394 e. The number of nitrogens with one attached hydrogen (secondary N) is 1. The Labute approximate surface area is 131 Å². The molecule has 0 spiro atoms. The number of ether oxygens (including phenoxy) is 1. The smallest absolute Gasteiger partial charge is 0.266 e. The third-order valence-electron chi connectivity index (χ3n) is 3.98. The van der Waals surface area contributed by atoms with Crippen molar-refractivity contribution in [2.24, 2.45) is 0 Å². The van der Waals surface area contributed by atoms with Crippen molar-refractivity contribution < 1.29 is 38.4 Å². The fraction of sp³-hybridized carbons (Fsp3) is 0.462. The maximum Gasteiger partial charge on any atom is 0.266 e. The summed E-state index contributed by atoms with van der Waals surface area (Å²) in [6.07, 6.45) is -7.34. The topological polar surface area (TPSA) is 153 Å². The first-order valence-corrected chi connectivity index (χ1v) is 8.27. The number of hydrogen-bond donors (Lipinski definition) is 5. The summed E-state index contributed by atoms with van der Waals surface area (Å²) in [6.45, 7) is -0.638. The number of aliphatic hydroxyl groups is 4. The average molecular weight is 345 g/mol. The number of sulfonamides is 1. The standard InChI is InChI=1S/C13H15NO8S/c15-4-7-8(16)9(17)10(18)11(22-7)5-2-1-3-6-12(5)23(20,21)14-13(6)19/h1-3,7-11,15-18H,4H2,(H,14,19)/t7-,8+,9+,10-,11-/m1/s1. The lowest BCUT2D eigenvalue weighted by molar-refractivity contribution is -0.232.